The number of aromatic nitrogens is 4. The summed E-state index contributed by atoms with van der Waals surface area (Å²) >= 11 is 0. The predicted molar refractivity (Wildman–Crippen MR) is 108 cm³/mol. The molecule has 0 saturated carbocycles. The molecule has 0 aliphatic rings. The van der Waals surface area contributed by atoms with Gasteiger partial charge in [0.25, 0.3) is 0 Å². The van der Waals surface area contributed by atoms with E-state index in [4.69, 9.17) is 0 Å². The number of nitrogens with zero attached hydrogens (tertiary/aromatic N) is 4. The van der Waals surface area contributed by atoms with Crippen molar-refractivity contribution in [3.8, 4) is 5.69 Å². The first-order chi connectivity index (χ1) is 14.5. The quantitative estimate of drug-likeness (QED) is 0.466. The second-order valence-electron chi connectivity index (χ2n) is 6.48. The van der Waals surface area contributed by atoms with Crippen molar-refractivity contribution in [1.29, 1.82) is 0 Å². The van der Waals surface area contributed by atoms with Gasteiger partial charge in [-0.05, 0) is 42.5 Å². The molecular formula is C21H17F3N6. The fraction of sp³-hybridized carbons (Fsp3) is 0.0952. The van der Waals surface area contributed by atoms with E-state index in [2.05, 4.69) is 25.9 Å². The zero-order chi connectivity index (χ0) is 21.0. The Morgan fingerprint density at radius 1 is 0.867 bits per heavy atom. The number of benzene rings is 2. The van der Waals surface area contributed by atoms with E-state index in [9.17, 15) is 13.2 Å². The van der Waals surface area contributed by atoms with Gasteiger partial charge in [-0.15, -0.1) is 5.10 Å². The van der Waals surface area contributed by atoms with Gasteiger partial charge in [0.15, 0.2) is 0 Å². The minimum Gasteiger partial charge on any atom is -0.379 e. The summed E-state index contributed by atoms with van der Waals surface area (Å²) in [5.74, 6) is 0. The van der Waals surface area contributed by atoms with Crippen molar-refractivity contribution < 1.29 is 13.2 Å². The van der Waals surface area contributed by atoms with Crippen molar-refractivity contribution in [3.63, 3.8) is 0 Å². The molecule has 0 saturated heterocycles. The van der Waals surface area contributed by atoms with Crippen LogP contribution in [0.2, 0.25) is 0 Å². The van der Waals surface area contributed by atoms with E-state index in [1.54, 1.807) is 10.9 Å². The molecule has 0 radical (unpaired) electrons. The zero-order valence-corrected chi connectivity index (χ0v) is 15.6. The van der Waals surface area contributed by atoms with E-state index in [0.29, 0.717) is 11.4 Å². The van der Waals surface area contributed by atoms with E-state index in [1.165, 1.54) is 6.07 Å². The number of anilines is 3. The summed E-state index contributed by atoms with van der Waals surface area (Å²) in [7, 11) is 0. The molecule has 2 heterocycles. The monoisotopic (exact) mass is 410 g/mol. The average Bonchev–Trinajstić information content (AvgIpc) is 3.22. The molecule has 4 aromatic rings. The van der Waals surface area contributed by atoms with Crippen molar-refractivity contribution in [3.05, 3.63) is 90.5 Å². The standard InChI is InChI=1S/C21H17F3N6/c22-21(23,24)20-12-16(9-10-25-20)26-13-18-14-30(29-28-18)19-8-4-7-17(11-19)27-15-5-2-1-3-6-15/h1-12,14,27H,13H2,(H,25,26). The Bertz CT molecular complexity index is 1120. The summed E-state index contributed by atoms with van der Waals surface area (Å²) in [5, 5.41) is 14.4. The summed E-state index contributed by atoms with van der Waals surface area (Å²) in [5.41, 5.74) is 2.61. The van der Waals surface area contributed by atoms with Gasteiger partial charge in [-0.25, -0.2) is 4.68 Å². The molecule has 152 valence electrons. The van der Waals surface area contributed by atoms with E-state index in [-0.39, 0.29) is 6.54 Å². The molecular weight excluding hydrogens is 393 g/mol. The molecule has 0 amide bonds. The second kappa shape index (κ2) is 8.24. The lowest BCUT2D eigenvalue weighted by Gasteiger charge is -2.09. The van der Waals surface area contributed by atoms with Crippen molar-refractivity contribution in [2.45, 2.75) is 12.7 Å². The molecule has 0 aliphatic carbocycles. The van der Waals surface area contributed by atoms with Crippen molar-refractivity contribution >= 4 is 17.1 Å². The van der Waals surface area contributed by atoms with Crippen molar-refractivity contribution in [2.75, 3.05) is 10.6 Å². The Kier molecular flexibility index (Phi) is 5.34. The largest absolute Gasteiger partial charge is 0.433 e. The van der Waals surface area contributed by atoms with Gasteiger partial charge in [-0.2, -0.15) is 13.2 Å². The average molecular weight is 410 g/mol. The van der Waals surface area contributed by atoms with Crippen LogP contribution in [0.5, 0.6) is 0 Å². The zero-order valence-electron chi connectivity index (χ0n) is 15.6. The number of alkyl halides is 3. The minimum atomic E-state index is -4.49. The fourth-order valence-corrected chi connectivity index (χ4v) is 2.81. The summed E-state index contributed by atoms with van der Waals surface area (Å²) in [6, 6.07) is 19.9. The first kappa shape index (κ1) is 19.4. The molecule has 30 heavy (non-hydrogen) atoms. The highest BCUT2D eigenvalue weighted by atomic mass is 19.4. The van der Waals surface area contributed by atoms with Crippen LogP contribution in [0.1, 0.15) is 11.4 Å². The molecule has 0 atom stereocenters. The van der Waals surface area contributed by atoms with Crippen LogP contribution in [-0.2, 0) is 12.7 Å². The van der Waals surface area contributed by atoms with Crippen LogP contribution >= 0.6 is 0 Å². The third kappa shape index (κ3) is 4.75. The fourth-order valence-electron chi connectivity index (χ4n) is 2.81. The molecule has 0 unspecified atom stereocenters. The normalized spacial score (nSPS) is 11.3. The number of hydrogen-bond donors (Lipinski definition) is 2. The van der Waals surface area contributed by atoms with E-state index in [1.807, 2.05) is 54.6 Å². The molecule has 6 nitrogen and oxygen atoms in total. The maximum atomic E-state index is 12.8. The van der Waals surface area contributed by atoms with Gasteiger partial charge in [0.05, 0.1) is 18.4 Å². The van der Waals surface area contributed by atoms with Crippen LogP contribution in [0.4, 0.5) is 30.2 Å². The Balaban J connectivity index is 1.44. The third-order valence-electron chi connectivity index (χ3n) is 4.24. The number of nitrogens with one attached hydrogen (secondary N) is 2. The molecule has 0 spiro atoms. The van der Waals surface area contributed by atoms with E-state index < -0.39 is 11.9 Å². The Labute approximate surface area is 170 Å². The van der Waals surface area contributed by atoms with Crippen LogP contribution in [0.3, 0.4) is 0 Å². The second-order valence-corrected chi connectivity index (χ2v) is 6.48. The van der Waals surface area contributed by atoms with Gasteiger partial charge in [-0.1, -0.05) is 29.5 Å². The molecule has 0 fully saturated rings. The highest BCUT2D eigenvalue weighted by Gasteiger charge is 2.32. The lowest BCUT2D eigenvalue weighted by atomic mass is 10.2. The number of para-hydroxylation sites is 1. The highest BCUT2D eigenvalue weighted by molar-refractivity contribution is 5.61. The van der Waals surface area contributed by atoms with Gasteiger partial charge in [0.1, 0.15) is 11.4 Å². The topological polar surface area (TPSA) is 67.7 Å². The predicted octanol–water partition coefficient (Wildman–Crippen LogP) is 5.04. The molecule has 2 aromatic heterocycles. The van der Waals surface area contributed by atoms with Crippen molar-refractivity contribution in [1.82, 2.24) is 20.0 Å². The lowest BCUT2D eigenvalue weighted by molar-refractivity contribution is -0.141. The maximum Gasteiger partial charge on any atom is 0.433 e. The van der Waals surface area contributed by atoms with Gasteiger partial charge in [-0.3, -0.25) is 4.98 Å². The molecule has 2 aromatic carbocycles. The number of halogens is 3. The van der Waals surface area contributed by atoms with Crippen LogP contribution in [0, 0.1) is 0 Å². The molecule has 0 bridgehead atoms. The van der Waals surface area contributed by atoms with E-state index >= 15 is 0 Å². The van der Waals surface area contributed by atoms with Crippen LogP contribution in [-0.4, -0.2) is 20.0 Å². The number of rotatable bonds is 6. The molecule has 0 aliphatic heterocycles. The lowest BCUT2D eigenvalue weighted by Crippen LogP contribution is -2.09. The van der Waals surface area contributed by atoms with Gasteiger partial charge in [0, 0.05) is 23.3 Å². The van der Waals surface area contributed by atoms with Gasteiger partial charge >= 0.3 is 6.18 Å². The Morgan fingerprint density at radius 3 is 2.47 bits per heavy atom. The SMILES string of the molecule is FC(F)(F)c1cc(NCc2cn(-c3cccc(Nc4ccccc4)c3)nn2)ccn1. The van der Waals surface area contributed by atoms with E-state index in [0.717, 1.165) is 29.3 Å². The van der Waals surface area contributed by atoms with Gasteiger partial charge < -0.3 is 10.6 Å². The molecule has 4 rings (SSSR count). The Hall–Kier alpha value is -3.88. The number of pyridine rings is 1. The van der Waals surface area contributed by atoms with Crippen LogP contribution < -0.4 is 10.6 Å². The summed E-state index contributed by atoms with van der Waals surface area (Å²) in [4.78, 5) is 3.34. The van der Waals surface area contributed by atoms with Crippen molar-refractivity contribution in [2.24, 2.45) is 0 Å². The third-order valence-corrected chi connectivity index (χ3v) is 4.24. The smallest absolute Gasteiger partial charge is 0.379 e. The van der Waals surface area contributed by atoms with Crippen LogP contribution in [0.15, 0.2) is 79.1 Å². The summed E-state index contributed by atoms with van der Waals surface area (Å²) in [6.45, 7) is 0.225. The van der Waals surface area contributed by atoms with Gasteiger partial charge in [0.2, 0.25) is 0 Å². The summed E-state index contributed by atoms with van der Waals surface area (Å²) in [6.07, 6.45) is -1.65. The van der Waals surface area contributed by atoms with Crippen LogP contribution in [0.25, 0.3) is 5.69 Å². The first-order valence-electron chi connectivity index (χ1n) is 9.08. The molecule has 9 heteroatoms. The number of hydrogen-bond acceptors (Lipinski definition) is 5. The summed E-state index contributed by atoms with van der Waals surface area (Å²) < 4.78 is 39.9. The minimum absolute atomic E-state index is 0.225. The molecule has 2 N–H and O–H groups in total. The first-order valence-corrected chi connectivity index (χ1v) is 9.08. The highest BCUT2D eigenvalue weighted by Crippen LogP contribution is 2.28. The maximum absolute atomic E-state index is 12.8. The Morgan fingerprint density at radius 2 is 1.67 bits per heavy atom.